The SMILES string of the molecule is COc1ncnc(OC)c1-n1c(NS(=O)(=O)[C@@H](C)[C@H](OC)c2ncc(Cl)cn2)nnc1[C@H]1CC1(F)F. The summed E-state index contributed by atoms with van der Waals surface area (Å²) in [5, 5.41) is 6.68. The molecule has 36 heavy (non-hydrogen) atoms. The molecule has 13 nitrogen and oxygen atoms in total. The Balaban J connectivity index is 1.78. The van der Waals surface area contributed by atoms with Crippen LogP contribution in [0.15, 0.2) is 18.7 Å². The van der Waals surface area contributed by atoms with Gasteiger partial charge in [0.2, 0.25) is 27.7 Å². The Morgan fingerprint density at radius 3 is 2.19 bits per heavy atom. The predicted molar refractivity (Wildman–Crippen MR) is 121 cm³/mol. The third-order valence-electron chi connectivity index (χ3n) is 5.49. The average molecular weight is 547 g/mol. The Labute approximate surface area is 209 Å². The second-order valence-corrected chi connectivity index (χ2v) is 10.2. The monoisotopic (exact) mass is 546 g/mol. The van der Waals surface area contributed by atoms with Gasteiger partial charge in [0.05, 0.1) is 25.2 Å². The third-order valence-corrected chi connectivity index (χ3v) is 7.38. The minimum absolute atomic E-state index is 0.0557. The van der Waals surface area contributed by atoms with E-state index in [1.165, 1.54) is 40.6 Å². The molecule has 0 bridgehead atoms. The average Bonchev–Trinajstić information content (AvgIpc) is 3.30. The van der Waals surface area contributed by atoms with Gasteiger partial charge in [0.25, 0.3) is 5.92 Å². The van der Waals surface area contributed by atoms with E-state index in [0.717, 1.165) is 10.9 Å². The maximum Gasteiger partial charge on any atom is 0.259 e. The van der Waals surface area contributed by atoms with Crippen LogP contribution in [-0.2, 0) is 14.8 Å². The van der Waals surface area contributed by atoms with Crippen LogP contribution in [0.2, 0.25) is 5.02 Å². The zero-order valence-corrected chi connectivity index (χ0v) is 21.0. The van der Waals surface area contributed by atoms with E-state index >= 15 is 0 Å². The number of halogens is 3. The molecule has 1 fully saturated rings. The first kappa shape index (κ1) is 25.8. The molecule has 17 heteroatoms. The van der Waals surface area contributed by atoms with Gasteiger partial charge in [0.1, 0.15) is 23.5 Å². The zero-order valence-electron chi connectivity index (χ0n) is 19.4. The van der Waals surface area contributed by atoms with Gasteiger partial charge in [-0.25, -0.2) is 27.2 Å². The number of hydrogen-bond donors (Lipinski definition) is 1. The minimum Gasteiger partial charge on any atom is -0.479 e. The van der Waals surface area contributed by atoms with Crippen molar-refractivity contribution in [3.63, 3.8) is 0 Å². The lowest BCUT2D eigenvalue weighted by Crippen LogP contribution is -2.33. The van der Waals surface area contributed by atoms with Gasteiger partial charge in [0.15, 0.2) is 11.5 Å². The third kappa shape index (κ3) is 4.75. The summed E-state index contributed by atoms with van der Waals surface area (Å²) in [6.07, 6.45) is 2.14. The number of sulfonamides is 1. The van der Waals surface area contributed by atoms with Crippen molar-refractivity contribution < 1.29 is 31.4 Å². The standard InChI is InChI=1S/C19H21ClF2N8O5S/c1-9(13(33-2)14-23-6-10(20)7-24-14)36(31,32)29-18-28-27-15(11-5-19(11,21)22)30(18)12-16(34-3)25-8-26-17(12)35-4/h6-9,11,13H,5H2,1-4H3,(H,28,29)/t9-,11+,13-/m0/s1. The highest BCUT2D eigenvalue weighted by atomic mass is 35.5. The molecular weight excluding hydrogens is 526 g/mol. The fourth-order valence-corrected chi connectivity index (χ4v) is 4.73. The van der Waals surface area contributed by atoms with Gasteiger partial charge in [-0.1, -0.05) is 11.6 Å². The van der Waals surface area contributed by atoms with Crippen LogP contribution in [-0.4, -0.2) is 75.6 Å². The Kier molecular flexibility index (Phi) is 6.94. The van der Waals surface area contributed by atoms with Crippen molar-refractivity contribution in [3.8, 4) is 17.4 Å². The molecule has 0 spiro atoms. The lowest BCUT2D eigenvalue weighted by molar-refractivity contribution is 0.0950. The van der Waals surface area contributed by atoms with E-state index < -0.39 is 45.6 Å². The Bertz CT molecular complexity index is 1340. The van der Waals surface area contributed by atoms with Crippen molar-refractivity contribution in [2.75, 3.05) is 26.1 Å². The number of aromatic nitrogens is 7. The van der Waals surface area contributed by atoms with Gasteiger partial charge >= 0.3 is 0 Å². The van der Waals surface area contributed by atoms with Gasteiger partial charge in [-0.05, 0) is 6.92 Å². The van der Waals surface area contributed by atoms with Crippen LogP contribution >= 0.6 is 11.6 Å². The maximum atomic E-state index is 14.0. The van der Waals surface area contributed by atoms with Crippen molar-refractivity contribution in [3.05, 3.63) is 35.4 Å². The second-order valence-electron chi connectivity index (χ2n) is 7.74. The fourth-order valence-electron chi connectivity index (χ4n) is 3.50. The molecule has 3 heterocycles. The second kappa shape index (κ2) is 9.67. The van der Waals surface area contributed by atoms with Crippen LogP contribution in [0.25, 0.3) is 5.69 Å². The molecule has 4 rings (SSSR count). The van der Waals surface area contributed by atoms with Crippen LogP contribution in [0.5, 0.6) is 11.8 Å². The number of nitrogens with one attached hydrogen (secondary N) is 1. The number of hydrogen-bond acceptors (Lipinski definition) is 11. The number of nitrogens with zero attached hydrogens (tertiary/aromatic N) is 7. The number of alkyl halides is 2. The molecule has 1 aliphatic rings. The Morgan fingerprint density at radius 1 is 1.11 bits per heavy atom. The topological polar surface area (TPSA) is 156 Å². The van der Waals surface area contributed by atoms with Gasteiger partial charge in [-0.15, -0.1) is 10.2 Å². The van der Waals surface area contributed by atoms with Crippen LogP contribution in [0.1, 0.15) is 37.0 Å². The summed E-state index contributed by atoms with van der Waals surface area (Å²) in [6, 6.07) is 0. The summed E-state index contributed by atoms with van der Waals surface area (Å²) >= 11 is 5.82. The largest absolute Gasteiger partial charge is 0.479 e. The summed E-state index contributed by atoms with van der Waals surface area (Å²) < 4.78 is 74.0. The fraction of sp³-hybridized carbons (Fsp3) is 0.474. The number of ether oxygens (including phenoxy) is 3. The highest BCUT2D eigenvalue weighted by Gasteiger charge is 2.60. The van der Waals surface area contributed by atoms with Crippen molar-refractivity contribution in [2.45, 2.75) is 36.5 Å². The number of methoxy groups -OCH3 is 3. The van der Waals surface area contributed by atoms with E-state index in [2.05, 4.69) is 34.9 Å². The highest BCUT2D eigenvalue weighted by molar-refractivity contribution is 7.93. The van der Waals surface area contributed by atoms with Crippen molar-refractivity contribution in [1.29, 1.82) is 0 Å². The Hall–Kier alpha value is -3.24. The highest BCUT2D eigenvalue weighted by Crippen LogP contribution is 2.56. The molecule has 0 amide bonds. The zero-order chi connectivity index (χ0) is 26.3. The van der Waals surface area contributed by atoms with Gasteiger partial charge < -0.3 is 14.2 Å². The smallest absolute Gasteiger partial charge is 0.259 e. The predicted octanol–water partition coefficient (Wildman–Crippen LogP) is 2.16. The molecule has 1 N–H and O–H groups in total. The van der Waals surface area contributed by atoms with E-state index in [9.17, 15) is 17.2 Å². The van der Waals surface area contributed by atoms with Crippen LogP contribution in [0, 0.1) is 0 Å². The molecule has 1 aliphatic carbocycles. The van der Waals surface area contributed by atoms with Gasteiger partial charge in [-0.3, -0.25) is 9.29 Å². The molecule has 3 aromatic rings. The molecule has 0 aromatic carbocycles. The van der Waals surface area contributed by atoms with Crippen LogP contribution in [0.4, 0.5) is 14.7 Å². The van der Waals surface area contributed by atoms with E-state index in [0.29, 0.717) is 0 Å². The molecule has 3 atom stereocenters. The van der Waals surface area contributed by atoms with E-state index in [-0.39, 0.29) is 34.1 Å². The molecule has 3 aromatic heterocycles. The molecule has 0 aliphatic heterocycles. The van der Waals surface area contributed by atoms with Crippen molar-refractivity contribution in [1.82, 2.24) is 34.7 Å². The lowest BCUT2D eigenvalue weighted by Gasteiger charge is -2.22. The minimum atomic E-state index is -4.29. The molecule has 194 valence electrons. The van der Waals surface area contributed by atoms with Crippen molar-refractivity contribution in [2.24, 2.45) is 0 Å². The number of rotatable bonds is 10. The first-order chi connectivity index (χ1) is 17.0. The van der Waals surface area contributed by atoms with E-state index in [1.807, 2.05) is 0 Å². The van der Waals surface area contributed by atoms with Gasteiger partial charge in [-0.2, -0.15) is 9.97 Å². The summed E-state index contributed by atoms with van der Waals surface area (Å²) in [4.78, 5) is 16.0. The van der Waals surface area contributed by atoms with Crippen molar-refractivity contribution >= 4 is 27.6 Å². The molecule has 0 radical (unpaired) electrons. The van der Waals surface area contributed by atoms with E-state index in [4.69, 9.17) is 25.8 Å². The van der Waals surface area contributed by atoms with Gasteiger partial charge in [0, 0.05) is 25.9 Å². The summed E-state index contributed by atoms with van der Waals surface area (Å²) in [5.74, 6) is -5.07. The summed E-state index contributed by atoms with van der Waals surface area (Å²) in [6.45, 7) is 1.36. The quantitative estimate of drug-likeness (QED) is 0.397. The molecule has 0 saturated heterocycles. The summed E-state index contributed by atoms with van der Waals surface area (Å²) in [7, 11) is -0.414. The maximum absolute atomic E-state index is 14.0. The van der Waals surface area contributed by atoms with E-state index in [1.54, 1.807) is 0 Å². The summed E-state index contributed by atoms with van der Waals surface area (Å²) in [5.41, 5.74) is -0.0557. The first-order valence-electron chi connectivity index (χ1n) is 10.3. The Morgan fingerprint density at radius 2 is 1.69 bits per heavy atom. The molecule has 1 saturated carbocycles. The first-order valence-corrected chi connectivity index (χ1v) is 12.2. The lowest BCUT2D eigenvalue weighted by atomic mass is 10.2. The van der Waals surface area contributed by atoms with Crippen LogP contribution < -0.4 is 14.2 Å². The molecule has 0 unspecified atom stereocenters. The number of anilines is 1. The normalized spacial score (nSPS) is 18.4. The molecular formula is C19H21ClF2N8O5S. The van der Waals surface area contributed by atoms with Crippen LogP contribution in [0.3, 0.4) is 0 Å².